The minimum Gasteiger partial charge on any atom is -0.356 e. The fraction of sp³-hybridized carbons (Fsp3) is 0.591. The normalized spacial score (nSPS) is 20.2. The standard InChI is InChI=1S/C22H32N4O2/c1-16-5-7-19(8-6-16)22-24-21(28-25-22)10-9-20(27)23-11-4-12-26-14-17(2)13-18(3)15-26/h5-8,17-18H,4,9-15H2,1-3H3,(H,23,27)/t17-,18+. The van der Waals surface area contributed by atoms with Crippen LogP contribution < -0.4 is 5.32 Å². The van der Waals surface area contributed by atoms with Crippen LogP contribution in [-0.4, -0.2) is 47.1 Å². The summed E-state index contributed by atoms with van der Waals surface area (Å²) in [4.78, 5) is 19.0. The highest BCUT2D eigenvalue weighted by molar-refractivity contribution is 5.75. The second kappa shape index (κ2) is 9.82. The molecule has 0 saturated carbocycles. The van der Waals surface area contributed by atoms with Crippen molar-refractivity contribution >= 4 is 5.91 Å². The fourth-order valence-corrected chi connectivity index (χ4v) is 3.99. The number of carbonyl (C=O) groups is 1. The summed E-state index contributed by atoms with van der Waals surface area (Å²) in [6.07, 6.45) is 3.15. The van der Waals surface area contributed by atoms with Gasteiger partial charge in [-0.1, -0.05) is 48.8 Å². The van der Waals surface area contributed by atoms with E-state index in [1.807, 2.05) is 31.2 Å². The van der Waals surface area contributed by atoms with Crippen LogP contribution in [0.4, 0.5) is 0 Å². The minimum absolute atomic E-state index is 0.0375. The fourth-order valence-electron chi connectivity index (χ4n) is 3.99. The van der Waals surface area contributed by atoms with E-state index < -0.39 is 0 Å². The quantitative estimate of drug-likeness (QED) is 0.706. The largest absolute Gasteiger partial charge is 0.356 e. The van der Waals surface area contributed by atoms with Gasteiger partial charge in [-0.05, 0) is 38.1 Å². The lowest BCUT2D eigenvalue weighted by atomic mass is 9.92. The van der Waals surface area contributed by atoms with Crippen molar-refractivity contribution in [3.05, 3.63) is 35.7 Å². The molecule has 2 heterocycles. The third-order valence-electron chi connectivity index (χ3n) is 5.26. The van der Waals surface area contributed by atoms with Gasteiger partial charge < -0.3 is 14.7 Å². The summed E-state index contributed by atoms with van der Waals surface area (Å²) >= 11 is 0. The number of amides is 1. The Labute approximate surface area is 167 Å². The third kappa shape index (κ3) is 6.16. The number of aryl methyl sites for hydroxylation is 2. The molecule has 0 unspecified atom stereocenters. The molecule has 1 amide bonds. The summed E-state index contributed by atoms with van der Waals surface area (Å²) in [7, 11) is 0. The van der Waals surface area contributed by atoms with Crippen molar-refractivity contribution in [3.8, 4) is 11.4 Å². The first-order chi connectivity index (χ1) is 13.5. The Morgan fingerprint density at radius 2 is 1.93 bits per heavy atom. The van der Waals surface area contributed by atoms with Crippen molar-refractivity contribution in [2.75, 3.05) is 26.2 Å². The molecule has 1 aromatic heterocycles. The van der Waals surface area contributed by atoms with Crippen LogP contribution in [0.3, 0.4) is 0 Å². The van der Waals surface area contributed by atoms with Gasteiger partial charge in [-0.3, -0.25) is 4.79 Å². The molecule has 0 bridgehead atoms. The first-order valence-corrected chi connectivity index (χ1v) is 10.4. The molecule has 0 spiro atoms. The number of benzene rings is 1. The number of carbonyl (C=O) groups excluding carboxylic acids is 1. The van der Waals surface area contributed by atoms with E-state index in [1.54, 1.807) is 0 Å². The Kier molecular flexibility index (Phi) is 7.20. The average molecular weight is 385 g/mol. The Bertz CT molecular complexity index is 746. The Hall–Kier alpha value is -2.21. The zero-order valence-corrected chi connectivity index (χ0v) is 17.3. The van der Waals surface area contributed by atoms with Gasteiger partial charge in [-0.2, -0.15) is 4.98 Å². The highest BCUT2D eigenvalue weighted by atomic mass is 16.5. The van der Waals surface area contributed by atoms with E-state index in [0.717, 1.165) is 36.9 Å². The highest BCUT2D eigenvalue weighted by Gasteiger charge is 2.21. The molecule has 2 aromatic rings. The summed E-state index contributed by atoms with van der Waals surface area (Å²) < 4.78 is 5.28. The number of likely N-dealkylation sites (tertiary alicyclic amines) is 1. The van der Waals surface area contributed by atoms with Crippen molar-refractivity contribution in [1.29, 1.82) is 0 Å². The Balaban J connectivity index is 1.34. The van der Waals surface area contributed by atoms with E-state index in [9.17, 15) is 4.79 Å². The van der Waals surface area contributed by atoms with Gasteiger partial charge in [0.15, 0.2) is 0 Å². The average Bonchev–Trinajstić information content (AvgIpc) is 3.12. The number of hydrogen-bond acceptors (Lipinski definition) is 5. The van der Waals surface area contributed by atoms with Crippen LogP contribution in [0, 0.1) is 18.8 Å². The van der Waals surface area contributed by atoms with Gasteiger partial charge in [0.1, 0.15) is 0 Å². The van der Waals surface area contributed by atoms with Crippen molar-refractivity contribution in [1.82, 2.24) is 20.4 Å². The first-order valence-electron chi connectivity index (χ1n) is 10.4. The van der Waals surface area contributed by atoms with E-state index in [1.165, 1.54) is 25.1 Å². The zero-order valence-electron chi connectivity index (χ0n) is 17.3. The molecule has 152 valence electrons. The number of aromatic nitrogens is 2. The second-order valence-electron chi connectivity index (χ2n) is 8.29. The number of nitrogens with zero attached hydrogens (tertiary/aromatic N) is 3. The molecule has 28 heavy (non-hydrogen) atoms. The van der Waals surface area contributed by atoms with E-state index in [0.29, 0.717) is 24.6 Å². The van der Waals surface area contributed by atoms with Gasteiger partial charge in [0.25, 0.3) is 0 Å². The smallest absolute Gasteiger partial charge is 0.227 e. The van der Waals surface area contributed by atoms with Gasteiger partial charge in [-0.15, -0.1) is 0 Å². The van der Waals surface area contributed by atoms with E-state index in [4.69, 9.17) is 4.52 Å². The van der Waals surface area contributed by atoms with Crippen LogP contribution in [0.2, 0.25) is 0 Å². The molecule has 0 aliphatic carbocycles. The minimum atomic E-state index is 0.0375. The number of nitrogens with one attached hydrogen (secondary N) is 1. The summed E-state index contributed by atoms with van der Waals surface area (Å²) in [6, 6.07) is 7.98. The van der Waals surface area contributed by atoms with Crippen LogP contribution in [-0.2, 0) is 11.2 Å². The summed E-state index contributed by atoms with van der Waals surface area (Å²) in [6.45, 7) is 10.8. The molecule has 2 atom stereocenters. The summed E-state index contributed by atoms with van der Waals surface area (Å²) in [5.41, 5.74) is 2.11. The van der Waals surface area contributed by atoms with Crippen molar-refractivity contribution in [2.45, 2.75) is 46.5 Å². The lowest BCUT2D eigenvalue weighted by Crippen LogP contribution is -2.40. The number of hydrogen-bond donors (Lipinski definition) is 1. The molecule has 1 aliphatic heterocycles. The lowest BCUT2D eigenvalue weighted by Gasteiger charge is -2.34. The number of rotatable bonds is 8. The molecular formula is C22H32N4O2. The Morgan fingerprint density at radius 3 is 2.64 bits per heavy atom. The maximum Gasteiger partial charge on any atom is 0.227 e. The molecule has 6 nitrogen and oxygen atoms in total. The molecular weight excluding hydrogens is 352 g/mol. The van der Waals surface area contributed by atoms with Crippen LogP contribution in [0.15, 0.2) is 28.8 Å². The van der Waals surface area contributed by atoms with Crippen LogP contribution in [0.25, 0.3) is 11.4 Å². The maximum atomic E-state index is 12.1. The zero-order chi connectivity index (χ0) is 19.9. The molecule has 1 aromatic carbocycles. The van der Waals surface area contributed by atoms with E-state index in [2.05, 4.69) is 34.2 Å². The van der Waals surface area contributed by atoms with Crippen LogP contribution >= 0.6 is 0 Å². The monoisotopic (exact) mass is 384 g/mol. The number of piperidine rings is 1. The maximum absolute atomic E-state index is 12.1. The molecule has 3 rings (SSSR count). The van der Waals surface area contributed by atoms with Gasteiger partial charge in [-0.25, -0.2) is 0 Å². The van der Waals surface area contributed by atoms with Gasteiger partial charge >= 0.3 is 0 Å². The molecule has 0 radical (unpaired) electrons. The first kappa shape index (κ1) is 20.5. The predicted molar refractivity (Wildman–Crippen MR) is 110 cm³/mol. The van der Waals surface area contributed by atoms with Crippen molar-refractivity contribution < 1.29 is 9.32 Å². The third-order valence-corrected chi connectivity index (χ3v) is 5.26. The second-order valence-corrected chi connectivity index (χ2v) is 8.29. The van der Waals surface area contributed by atoms with Crippen molar-refractivity contribution in [3.63, 3.8) is 0 Å². The van der Waals surface area contributed by atoms with E-state index in [-0.39, 0.29) is 5.91 Å². The van der Waals surface area contributed by atoms with Gasteiger partial charge in [0.2, 0.25) is 17.6 Å². The molecule has 1 N–H and O–H groups in total. The lowest BCUT2D eigenvalue weighted by molar-refractivity contribution is -0.121. The summed E-state index contributed by atoms with van der Waals surface area (Å²) in [5.74, 6) is 2.66. The molecule has 1 aliphatic rings. The molecule has 1 fully saturated rings. The van der Waals surface area contributed by atoms with E-state index >= 15 is 0 Å². The van der Waals surface area contributed by atoms with Crippen molar-refractivity contribution in [2.24, 2.45) is 11.8 Å². The van der Waals surface area contributed by atoms with Gasteiger partial charge in [0.05, 0.1) is 0 Å². The molecule has 1 saturated heterocycles. The van der Waals surface area contributed by atoms with Crippen LogP contribution in [0.1, 0.15) is 44.6 Å². The van der Waals surface area contributed by atoms with Crippen LogP contribution in [0.5, 0.6) is 0 Å². The highest BCUT2D eigenvalue weighted by Crippen LogP contribution is 2.20. The molecule has 6 heteroatoms. The SMILES string of the molecule is Cc1ccc(-c2noc(CCC(=O)NCCCN3C[C@H](C)C[C@H](C)C3)n2)cc1. The van der Waals surface area contributed by atoms with Gasteiger partial charge in [0, 0.05) is 38.0 Å². The predicted octanol–water partition coefficient (Wildman–Crippen LogP) is 3.46. The summed E-state index contributed by atoms with van der Waals surface area (Å²) in [5, 5.41) is 7.01. The topological polar surface area (TPSA) is 71.3 Å². The Morgan fingerprint density at radius 1 is 1.21 bits per heavy atom.